The molecule has 168 valence electrons. The van der Waals surface area contributed by atoms with Crippen LogP contribution in [0.2, 0.25) is 0 Å². The van der Waals surface area contributed by atoms with Gasteiger partial charge in [0.2, 0.25) is 11.9 Å². The summed E-state index contributed by atoms with van der Waals surface area (Å²) < 4.78 is 10.4. The standard InChI is InChI=1S/C19H36N4O5S/c1-18(2,3)27-16(25)22-15(23-17(26)28-19(4,5)6)21-12-10-8-7-9-11-20-14(24)13-29/h29H,7-13H2,1-6H3,(H,20,24)(H2,21,22,23,25,26). The summed E-state index contributed by atoms with van der Waals surface area (Å²) >= 11 is 3.89. The lowest BCUT2D eigenvalue weighted by Gasteiger charge is -2.22. The number of carbonyl (C=O) groups is 3. The second kappa shape index (κ2) is 13.3. The first-order valence-corrected chi connectivity index (χ1v) is 10.4. The van der Waals surface area contributed by atoms with Gasteiger partial charge >= 0.3 is 12.2 Å². The van der Waals surface area contributed by atoms with Gasteiger partial charge in [-0.25, -0.2) is 9.59 Å². The van der Waals surface area contributed by atoms with E-state index in [0.29, 0.717) is 13.1 Å². The topological polar surface area (TPSA) is 118 Å². The molecule has 3 amide bonds. The van der Waals surface area contributed by atoms with E-state index in [1.807, 2.05) is 0 Å². The number of guanidine groups is 1. The Bertz CT molecular complexity index is 536. The highest BCUT2D eigenvalue weighted by molar-refractivity contribution is 7.81. The van der Waals surface area contributed by atoms with Crippen LogP contribution in [-0.2, 0) is 14.3 Å². The molecule has 0 rings (SSSR count). The van der Waals surface area contributed by atoms with E-state index in [1.165, 1.54) is 0 Å². The van der Waals surface area contributed by atoms with Crippen molar-refractivity contribution in [1.29, 1.82) is 0 Å². The molecule has 3 N–H and O–H groups in total. The number of rotatable bonds is 8. The van der Waals surface area contributed by atoms with Crippen molar-refractivity contribution in [2.45, 2.75) is 78.4 Å². The quantitative estimate of drug-likeness (QED) is 0.203. The Hall–Kier alpha value is -1.97. The molecule has 0 heterocycles. The maximum Gasteiger partial charge on any atom is 0.414 e. The van der Waals surface area contributed by atoms with E-state index in [-0.39, 0.29) is 17.6 Å². The minimum atomic E-state index is -0.716. The van der Waals surface area contributed by atoms with Crippen molar-refractivity contribution in [3.8, 4) is 0 Å². The minimum Gasteiger partial charge on any atom is -0.444 e. The lowest BCUT2D eigenvalue weighted by atomic mass is 10.2. The number of ether oxygens (including phenoxy) is 2. The van der Waals surface area contributed by atoms with Gasteiger partial charge in [0.1, 0.15) is 11.2 Å². The van der Waals surface area contributed by atoms with Crippen LogP contribution in [0.15, 0.2) is 4.99 Å². The molecular weight excluding hydrogens is 396 g/mol. The number of hydrogen-bond donors (Lipinski definition) is 4. The van der Waals surface area contributed by atoms with Crippen molar-refractivity contribution in [1.82, 2.24) is 16.0 Å². The first kappa shape index (κ1) is 27.0. The monoisotopic (exact) mass is 432 g/mol. The molecule has 0 aromatic carbocycles. The average molecular weight is 433 g/mol. The fourth-order valence-corrected chi connectivity index (χ4v) is 2.09. The molecule has 0 saturated heterocycles. The minimum absolute atomic E-state index is 0.0189. The average Bonchev–Trinajstić information content (AvgIpc) is 2.53. The number of hydrogen-bond acceptors (Lipinski definition) is 7. The van der Waals surface area contributed by atoms with Gasteiger partial charge in [0.25, 0.3) is 0 Å². The maximum atomic E-state index is 12.0. The number of aliphatic imine (C=N–C) groups is 1. The summed E-state index contributed by atoms with van der Waals surface area (Å²) in [6, 6.07) is 0. The number of carbonyl (C=O) groups excluding carboxylic acids is 3. The number of unbranched alkanes of at least 4 members (excludes halogenated alkanes) is 3. The van der Waals surface area contributed by atoms with Crippen LogP contribution >= 0.6 is 12.6 Å². The molecule has 0 bridgehead atoms. The van der Waals surface area contributed by atoms with Crippen molar-refractivity contribution < 1.29 is 23.9 Å². The Labute approximate surface area is 179 Å². The summed E-state index contributed by atoms with van der Waals surface area (Å²) in [6.45, 7) is 11.5. The van der Waals surface area contributed by atoms with Gasteiger partial charge in [0, 0.05) is 13.1 Å². The van der Waals surface area contributed by atoms with Crippen LogP contribution in [0.25, 0.3) is 0 Å². The van der Waals surface area contributed by atoms with E-state index in [0.717, 1.165) is 25.7 Å². The number of thiol groups is 1. The second-order valence-electron chi connectivity index (χ2n) is 8.41. The Balaban J connectivity index is 4.53. The molecule has 0 aliphatic carbocycles. The predicted molar refractivity (Wildman–Crippen MR) is 116 cm³/mol. The zero-order valence-electron chi connectivity index (χ0n) is 18.4. The Morgan fingerprint density at radius 3 is 1.76 bits per heavy atom. The molecule has 10 heteroatoms. The number of amides is 3. The third-order valence-corrected chi connectivity index (χ3v) is 3.35. The molecule has 0 aromatic heterocycles. The van der Waals surface area contributed by atoms with Gasteiger partial charge in [-0.2, -0.15) is 12.6 Å². The summed E-state index contributed by atoms with van der Waals surface area (Å²) in [6.07, 6.45) is 2.01. The molecule has 0 fully saturated rings. The molecule has 0 saturated carbocycles. The Morgan fingerprint density at radius 1 is 0.828 bits per heavy atom. The van der Waals surface area contributed by atoms with Crippen LogP contribution in [0.5, 0.6) is 0 Å². The molecule has 0 unspecified atom stereocenters. The second-order valence-corrected chi connectivity index (χ2v) is 8.72. The van der Waals surface area contributed by atoms with Gasteiger partial charge in [-0.05, 0) is 54.4 Å². The fourth-order valence-electron chi connectivity index (χ4n) is 1.98. The highest BCUT2D eigenvalue weighted by atomic mass is 32.1. The summed E-state index contributed by atoms with van der Waals surface area (Å²) in [5.41, 5.74) is -1.35. The third kappa shape index (κ3) is 17.8. The first-order chi connectivity index (χ1) is 13.3. The zero-order valence-corrected chi connectivity index (χ0v) is 19.3. The van der Waals surface area contributed by atoms with Crippen molar-refractivity contribution in [2.75, 3.05) is 18.8 Å². The van der Waals surface area contributed by atoms with E-state index < -0.39 is 23.4 Å². The zero-order chi connectivity index (χ0) is 22.5. The predicted octanol–water partition coefficient (Wildman–Crippen LogP) is 3.00. The van der Waals surface area contributed by atoms with Crippen molar-refractivity contribution in [3.63, 3.8) is 0 Å². The van der Waals surface area contributed by atoms with Crippen molar-refractivity contribution in [2.24, 2.45) is 4.99 Å². The Kier molecular flexibility index (Phi) is 12.4. The van der Waals surface area contributed by atoms with Gasteiger partial charge < -0.3 is 14.8 Å². The van der Waals surface area contributed by atoms with Gasteiger partial charge in [0.15, 0.2) is 0 Å². The van der Waals surface area contributed by atoms with Crippen LogP contribution in [0.1, 0.15) is 67.2 Å². The SMILES string of the molecule is CC(C)(C)OC(=O)NC(=NCCCCCCNC(=O)CS)NC(=O)OC(C)(C)C. The molecule has 0 spiro atoms. The molecule has 0 atom stereocenters. The van der Waals surface area contributed by atoms with Crippen LogP contribution in [0.3, 0.4) is 0 Å². The first-order valence-electron chi connectivity index (χ1n) is 9.74. The summed E-state index contributed by atoms with van der Waals surface area (Å²) in [4.78, 5) is 39.3. The number of nitrogens with zero attached hydrogens (tertiary/aromatic N) is 1. The van der Waals surface area contributed by atoms with E-state index in [1.54, 1.807) is 41.5 Å². The molecule has 0 radical (unpaired) electrons. The Morgan fingerprint density at radius 2 is 1.31 bits per heavy atom. The number of nitrogens with one attached hydrogen (secondary N) is 3. The van der Waals surface area contributed by atoms with Crippen molar-refractivity contribution >= 4 is 36.7 Å². The lowest BCUT2D eigenvalue weighted by Crippen LogP contribution is -2.47. The highest BCUT2D eigenvalue weighted by Crippen LogP contribution is 2.08. The van der Waals surface area contributed by atoms with Crippen LogP contribution in [0, 0.1) is 0 Å². The fraction of sp³-hybridized carbons (Fsp3) is 0.789. The highest BCUT2D eigenvalue weighted by Gasteiger charge is 2.21. The molecule has 0 aromatic rings. The lowest BCUT2D eigenvalue weighted by molar-refractivity contribution is -0.118. The van der Waals surface area contributed by atoms with Gasteiger partial charge in [-0.1, -0.05) is 12.8 Å². The summed E-state index contributed by atoms with van der Waals surface area (Å²) in [7, 11) is 0. The van der Waals surface area contributed by atoms with Gasteiger partial charge in [-0.15, -0.1) is 0 Å². The summed E-state index contributed by atoms with van der Waals surface area (Å²) in [5, 5.41) is 7.64. The van der Waals surface area contributed by atoms with E-state index in [2.05, 4.69) is 33.6 Å². The van der Waals surface area contributed by atoms with Gasteiger partial charge in [0.05, 0.1) is 5.75 Å². The van der Waals surface area contributed by atoms with E-state index >= 15 is 0 Å². The number of alkyl carbamates (subject to hydrolysis) is 2. The van der Waals surface area contributed by atoms with Crippen LogP contribution in [-0.4, -0.2) is 54.1 Å². The van der Waals surface area contributed by atoms with E-state index in [4.69, 9.17) is 9.47 Å². The smallest absolute Gasteiger partial charge is 0.414 e. The van der Waals surface area contributed by atoms with Crippen LogP contribution in [0.4, 0.5) is 9.59 Å². The van der Waals surface area contributed by atoms with Gasteiger partial charge in [-0.3, -0.25) is 20.4 Å². The van der Waals surface area contributed by atoms with Crippen LogP contribution < -0.4 is 16.0 Å². The molecule has 0 aliphatic rings. The molecule has 9 nitrogen and oxygen atoms in total. The van der Waals surface area contributed by atoms with E-state index in [9.17, 15) is 14.4 Å². The molecule has 0 aliphatic heterocycles. The third-order valence-electron chi connectivity index (χ3n) is 3.06. The van der Waals surface area contributed by atoms with Crippen molar-refractivity contribution in [3.05, 3.63) is 0 Å². The summed E-state index contributed by atoms with van der Waals surface area (Å²) in [5.74, 6) is 0.0887. The largest absolute Gasteiger partial charge is 0.444 e. The normalized spacial score (nSPS) is 11.3. The molecular formula is C19H36N4O5S. The maximum absolute atomic E-state index is 12.0. The molecule has 29 heavy (non-hydrogen) atoms.